The molecule has 0 saturated heterocycles. The first kappa shape index (κ1) is 15.2. The third kappa shape index (κ3) is 4.42. The lowest BCUT2D eigenvalue weighted by Crippen LogP contribution is -2.16. The van der Waals surface area contributed by atoms with Gasteiger partial charge in [-0.05, 0) is 18.6 Å². The van der Waals surface area contributed by atoms with Crippen LogP contribution in [0.2, 0.25) is 0 Å². The van der Waals surface area contributed by atoms with Gasteiger partial charge in [-0.15, -0.1) is 0 Å². The number of nitrogens with zero attached hydrogens (tertiary/aromatic N) is 1. The number of H-pyrrole nitrogens is 1. The molecule has 0 aliphatic carbocycles. The van der Waals surface area contributed by atoms with Crippen LogP contribution < -0.4 is 10.9 Å². The van der Waals surface area contributed by atoms with E-state index in [1.165, 1.54) is 18.2 Å². The number of thioether (sulfide) groups is 1. The first-order valence-electron chi connectivity index (χ1n) is 6.36. The van der Waals surface area contributed by atoms with Gasteiger partial charge in [0.05, 0.1) is 11.4 Å². The van der Waals surface area contributed by atoms with Crippen molar-refractivity contribution in [3.05, 3.63) is 52.2 Å². The summed E-state index contributed by atoms with van der Waals surface area (Å²) in [6.07, 6.45) is 0.638. The lowest BCUT2D eigenvalue weighted by Gasteiger charge is -2.06. The molecule has 0 atom stereocenters. The Hall–Kier alpha value is -2.15. The first-order chi connectivity index (χ1) is 10.1. The summed E-state index contributed by atoms with van der Waals surface area (Å²) in [6, 6.07) is 7.35. The molecule has 110 valence electrons. The van der Waals surface area contributed by atoms with E-state index in [2.05, 4.69) is 15.3 Å². The maximum absolute atomic E-state index is 13.4. The summed E-state index contributed by atoms with van der Waals surface area (Å²) < 4.78 is 13.4. The largest absolute Gasteiger partial charge is 0.323 e. The van der Waals surface area contributed by atoms with Gasteiger partial charge in [-0.3, -0.25) is 9.59 Å². The molecular weight excluding hydrogens is 293 g/mol. The zero-order chi connectivity index (χ0) is 15.2. The average molecular weight is 307 g/mol. The number of rotatable bonds is 5. The van der Waals surface area contributed by atoms with Crippen LogP contribution in [-0.2, 0) is 11.2 Å². The number of anilines is 1. The second kappa shape index (κ2) is 7.03. The van der Waals surface area contributed by atoms with Crippen molar-refractivity contribution in [3.63, 3.8) is 0 Å². The fourth-order valence-electron chi connectivity index (χ4n) is 1.62. The summed E-state index contributed by atoms with van der Waals surface area (Å²) in [5, 5.41) is 2.85. The number of benzene rings is 1. The van der Waals surface area contributed by atoms with Crippen molar-refractivity contribution >= 4 is 23.4 Å². The minimum absolute atomic E-state index is 0.0322. The van der Waals surface area contributed by atoms with Crippen molar-refractivity contribution in [2.45, 2.75) is 18.5 Å². The van der Waals surface area contributed by atoms with Gasteiger partial charge in [-0.1, -0.05) is 30.8 Å². The topological polar surface area (TPSA) is 74.8 Å². The molecule has 0 spiro atoms. The summed E-state index contributed by atoms with van der Waals surface area (Å²) in [5.74, 6) is -0.824. The minimum Gasteiger partial charge on any atom is -0.323 e. The van der Waals surface area contributed by atoms with Crippen LogP contribution >= 0.6 is 11.8 Å². The fraction of sp³-hybridized carbons (Fsp3) is 0.214. The third-order valence-corrected chi connectivity index (χ3v) is 3.50. The number of carbonyl (C=O) groups excluding carboxylic acids is 1. The summed E-state index contributed by atoms with van der Waals surface area (Å²) in [7, 11) is 0. The highest BCUT2D eigenvalue weighted by Gasteiger charge is 2.08. The number of carbonyl (C=O) groups is 1. The van der Waals surface area contributed by atoms with Crippen LogP contribution in [0.15, 0.2) is 40.3 Å². The normalized spacial score (nSPS) is 10.4. The van der Waals surface area contributed by atoms with Gasteiger partial charge in [-0.25, -0.2) is 9.37 Å². The van der Waals surface area contributed by atoms with Gasteiger partial charge in [0.15, 0.2) is 5.16 Å². The van der Waals surface area contributed by atoms with Crippen LogP contribution in [0, 0.1) is 5.82 Å². The monoisotopic (exact) mass is 307 g/mol. The van der Waals surface area contributed by atoms with E-state index < -0.39 is 5.82 Å². The number of amides is 1. The number of nitrogens with one attached hydrogen (secondary N) is 2. The van der Waals surface area contributed by atoms with Crippen LogP contribution in [0.4, 0.5) is 10.1 Å². The number of aromatic amines is 1. The van der Waals surface area contributed by atoms with E-state index in [4.69, 9.17) is 0 Å². The van der Waals surface area contributed by atoms with Crippen molar-refractivity contribution in [3.8, 4) is 0 Å². The predicted molar refractivity (Wildman–Crippen MR) is 80.0 cm³/mol. The van der Waals surface area contributed by atoms with Crippen molar-refractivity contribution < 1.29 is 9.18 Å². The summed E-state index contributed by atoms with van der Waals surface area (Å²) in [4.78, 5) is 29.9. The van der Waals surface area contributed by atoms with Crippen molar-refractivity contribution in [1.82, 2.24) is 9.97 Å². The van der Waals surface area contributed by atoms with Crippen molar-refractivity contribution in [1.29, 1.82) is 0 Å². The summed E-state index contributed by atoms with van der Waals surface area (Å²) in [5.41, 5.74) is 0.543. The van der Waals surface area contributed by atoms with E-state index >= 15 is 0 Å². The lowest BCUT2D eigenvalue weighted by molar-refractivity contribution is -0.113. The van der Waals surface area contributed by atoms with Crippen LogP contribution in [-0.4, -0.2) is 21.6 Å². The Kier molecular flexibility index (Phi) is 5.10. The molecule has 2 N–H and O–H groups in total. The molecule has 1 heterocycles. The Labute approximate surface area is 125 Å². The fourth-order valence-corrected chi connectivity index (χ4v) is 2.31. The van der Waals surface area contributed by atoms with Gasteiger partial charge in [-0.2, -0.15) is 0 Å². The third-order valence-electron chi connectivity index (χ3n) is 2.62. The molecular formula is C14H14FN3O2S. The molecule has 1 aromatic carbocycles. The highest BCUT2D eigenvalue weighted by Crippen LogP contribution is 2.15. The second-order valence-electron chi connectivity index (χ2n) is 4.21. The quantitative estimate of drug-likeness (QED) is 0.656. The van der Waals surface area contributed by atoms with Gasteiger partial charge in [0.1, 0.15) is 5.82 Å². The molecule has 0 bridgehead atoms. The van der Waals surface area contributed by atoms with Gasteiger partial charge < -0.3 is 10.3 Å². The number of para-hydroxylation sites is 1. The average Bonchev–Trinajstić information content (AvgIpc) is 2.47. The number of halogens is 1. The van der Waals surface area contributed by atoms with Gasteiger partial charge >= 0.3 is 0 Å². The highest BCUT2D eigenvalue weighted by atomic mass is 32.2. The van der Waals surface area contributed by atoms with Crippen LogP contribution in [0.3, 0.4) is 0 Å². The van der Waals surface area contributed by atoms with E-state index in [1.807, 2.05) is 6.92 Å². The second-order valence-corrected chi connectivity index (χ2v) is 5.18. The Morgan fingerprint density at radius 1 is 1.43 bits per heavy atom. The van der Waals surface area contributed by atoms with Crippen LogP contribution in [0.25, 0.3) is 0 Å². The van der Waals surface area contributed by atoms with Crippen LogP contribution in [0.5, 0.6) is 0 Å². The van der Waals surface area contributed by atoms with Crippen molar-refractivity contribution in [2.75, 3.05) is 11.1 Å². The molecule has 0 radical (unpaired) electrons. The Morgan fingerprint density at radius 2 is 2.19 bits per heavy atom. The maximum atomic E-state index is 13.4. The first-order valence-corrected chi connectivity index (χ1v) is 7.34. The smallest absolute Gasteiger partial charge is 0.251 e. The maximum Gasteiger partial charge on any atom is 0.251 e. The number of hydrogen-bond acceptors (Lipinski definition) is 4. The van der Waals surface area contributed by atoms with E-state index in [9.17, 15) is 14.0 Å². The summed E-state index contributed by atoms with van der Waals surface area (Å²) in [6.45, 7) is 1.89. The zero-order valence-corrected chi connectivity index (χ0v) is 12.2. The molecule has 7 heteroatoms. The molecule has 0 saturated carbocycles. The molecule has 0 fully saturated rings. The standard InChI is InChI=1S/C14H14FN3O2S/c1-2-9-7-12(19)18-14(16-9)21-8-13(20)17-11-6-4-3-5-10(11)15/h3-7H,2,8H2,1H3,(H,17,20)(H,16,18,19). The molecule has 2 rings (SSSR count). The van der Waals surface area contributed by atoms with E-state index in [0.717, 1.165) is 11.8 Å². The van der Waals surface area contributed by atoms with E-state index in [0.29, 0.717) is 17.3 Å². The lowest BCUT2D eigenvalue weighted by atomic mass is 10.3. The number of aryl methyl sites for hydroxylation is 1. The zero-order valence-electron chi connectivity index (χ0n) is 11.4. The highest BCUT2D eigenvalue weighted by molar-refractivity contribution is 7.99. The van der Waals surface area contributed by atoms with Gasteiger partial charge in [0.2, 0.25) is 5.91 Å². The molecule has 5 nitrogen and oxygen atoms in total. The van der Waals surface area contributed by atoms with Crippen molar-refractivity contribution in [2.24, 2.45) is 0 Å². The molecule has 21 heavy (non-hydrogen) atoms. The molecule has 0 aliphatic heterocycles. The molecule has 2 aromatic rings. The summed E-state index contributed by atoms with van der Waals surface area (Å²) >= 11 is 1.10. The Bertz CT molecular complexity index is 703. The van der Waals surface area contributed by atoms with Gasteiger partial charge in [0, 0.05) is 11.8 Å². The number of hydrogen-bond donors (Lipinski definition) is 2. The predicted octanol–water partition coefficient (Wildman–Crippen LogP) is 2.20. The minimum atomic E-state index is -0.490. The SMILES string of the molecule is CCc1cc(=O)[nH]c(SCC(=O)Nc2ccccc2F)n1. The molecule has 0 aliphatic rings. The Balaban J connectivity index is 1.97. The molecule has 1 amide bonds. The Morgan fingerprint density at radius 3 is 2.90 bits per heavy atom. The molecule has 0 unspecified atom stereocenters. The van der Waals surface area contributed by atoms with E-state index in [-0.39, 0.29) is 22.9 Å². The van der Waals surface area contributed by atoms with Crippen LogP contribution in [0.1, 0.15) is 12.6 Å². The number of aromatic nitrogens is 2. The van der Waals surface area contributed by atoms with E-state index in [1.54, 1.807) is 12.1 Å². The van der Waals surface area contributed by atoms with Gasteiger partial charge in [0.25, 0.3) is 5.56 Å². The molecule has 1 aromatic heterocycles.